The molecule has 118 valence electrons. The van der Waals surface area contributed by atoms with Gasteiger partial charge in [-0.25, -0.2) is 4.39 Å². The summed E-state index contributed by atoms with van der Waals surface area (Å²) in [6, 6.07) is 5.77. The summed E-state index contributed by atoms with van der Waals surface area (Å²) in [5.41, 5.74) is 1.53. The molecule has 22 heavy (non-hydrogen) atoms. The van der Waals surface area contributed by atoms with Gasteiger partial charge in [-0.15, -0.1) is 0 Å². The van der Waals surface area contributed by atoms with E-state index in [2.05, 4.69) is 10.2 Å². The lowest BCUT2D eigenvalue weighted by Gasteiger charge is -2.20. The average Bonchev–Trinajstić information content (AvgIpc) is 2.96. The molecule has 0 spiro atoms. The molecule has 2 aromatic rings. The molecular formula is C15H18FN3O3. The van der Waals surface area contributed by atoms with Crippen LogP contribution in [0.4, 0.5) is 4.39 Å². The number of aromatic nitrogens is 2. The largest absolute Gasteiger partial charge is 0.389 e. The second kappa shape index (κ2) is 7.15. The molecule has 7 heteroatoms. The van der Waals surface area contributed by atoms with Gasteiger partial charge in [0.1, 0.15) is 5.82 Å². The molecule has 0 saturated heterocycles. The fraction of sp³-hybridized carbons (Fsp3) is 0.333. The number of carbonyl (C=O) groups excluding carboxylic acids is 1. The number of carbonyl (C=O) groups is 1. The van der Waals surface area contributed by atoms with Crippen LogP contribution < -0.4 is 0 Å². The molecule has 1 heterocycles. The van der Waals surface area contributed by atoms with Crippen molar-refractivity contribution in [3.05, 3.63) is 41.8 Å². The van der Waals surface area contributed by atoms with Crippen molar-refractivity contribution in [1.82, 2.24) is 15.1 Å². The number of rotatable bonds is 6. The number of aliphatic hydroxyl groups is 1. The van der Waals surface area contributed by atoms with Crippen LogP contribution in [0.5, 0.6) is 0 Å². The second-order valence-corrected chi connectivity index (χ2v) is 4.96. The normalized spacial score (nSPS) is 12.2. The van der Waals surface area contributed by atoms with Gasteiger partial charge >= 0.3 is 0 Å². The topological polar surface area (TPSA) is 78.5 Å². The Morgan fingerprint density at radius 2 is 2.14 bits per heavy atom. The first kappa shape index (κ1) is 16.1. The molecule has 1 unspecified atom stereocenters. The number of halogens is 1. The minimum absolute atomic E-state index is 0.140. The van der Waals surface area contributed by atoms with Crippen LogP contribution in [0.25, 0.3) is 11.3 Å². The number of hydrogen-bond acceptors (Lipinski definition) is 4. The Morgan fingerprint density at radius 1 is 1.45 bits per heavy atom. The van der Waals surface area contributed by atoms with Crippen LogP contribution in [0.15, 0.2) is 30.5 Å². The van der Waals surface area contributed by atoms with E-state index in [0.29, 0.717) is 16.8 Å². The number of likely N-dealkylation sites (N-methyl/N-ethyl adjacent to an activating group) is 1. The van der Waals surface area contributed by atoms with Gasteiger partial charge in [-0.3, -0.25) is 9.89 Å². The number of ether oxygens (including phenoxy) is 1. The fourth-order valence-electron chi connectivity index (χ4n) is 2.13. The van der Waals surface area contributed by atoms with Crippen molar-refractivity contribution >= 4 is 5.91 Å². The van der Waals surface area contributed by atoms with Gasteiger partial charge in [0.25, 0.3) is 5.91 Å². The first-order chi connectivity index (χ1) is 10.5. The molecule has 1 aromatic heterocycles. The molecule has 1 atom stereocenters. The van der Waals surface area contributed by atoms with Gasteiger partial charge in [-0.2, -0.15) is 5.10 Å². The van der Waals surface area contributed by atoms with Crippen molar-refractivity contribution in [1.29, 1.82) is 0 Å². The van der Waals surface area contributed by atoms with Gasteiger partial charge < -0.3 is 14.7 Å². The standard InChI is InChI=1S/C15H18FN3O3/c1-19(8-12(20)9-22-2)15(21)13-7-17-18-14(13)10-3-5-11(16)6-4-10/h3-7,12,20H,8-9H2,1-2H3,(H,17,18). The van der Waals surface area contributed by atoms with Crippen molar-refractivity contribution in [3.8, 4) is 11.3 Å². The zero-order chi connectivity index (χ0) is 16.1. The average molecular weight is 307 g/mol. The highest BCUT2D eigenvalue weighted by atomic mass is 19.1. The molecule has 0 bridgehead atoms. The molecule has 0 saturated carbocycles. The van der Waals surface area contributed by atoms with E-state index in [0.717, 1.165) is 0 Å². The molecule has 1 amide bonds. The Balaban J connectivity index is 2.17. The first-order valence-electron chi connectivity index (χ1n) is 6.74. The van der Waals surface area contributed by atoms with Crippen LogP contribution in [0.1, 0.15) is 10.4 Å². The van der Waals surface area contributed by atoms with Crippen LogP contribution in [0.3, 0.4) is 0 Å². The third-order valence-corrected chi connectivity index (χ3v) is 3.19. The van der Waals surface area contributed by atoms with E-state index in [4.69, 9.17) is 4.74 Å². The molecule has 0 fully saturated rings. The van der Waals surface area contributed by atoms with E-state index in [-0.39, 0.29) is 24.9 Å². The lowest BCUT2D eigenvalue weighted by molar-refractivity contribution is 0.0380. The van der Waals surface area contributed by atoms with Crippen LogP contribution in [-0.4, -0.2) is 59.5 Å². The monoisotopic (exact) mass is 307 g/mol. The van der Waals surface area contributed by atoms with Gasteiger partial charge in [-0.05, 0) is 24.3 Å². The SMILES string of the molecule is COCC(O)CN(C)C(=O)c1cn[nH]c1-c1ccc(F)cc1. The molecule has 0 aliphatic rings. The van der Waals surface area contributed by atoms with E-state index in [1.807, 2.05) is 0 Å². The van der Waals surface area contributed by atoms with Crippen molar-refractivity contribution in [2.24, 2.45) is 0 Å². The van der Waals surface area contributed by atoms with Crippen molar-refractivity contribution in [2.75, 3.05) is 27.3 Å². The number of aliphatic hydroxyl groups excluding tert-OH is 1. The highest BCUT2D eigenvalue weighted by Crippen LogP contribution is 2.22. The van der Waals surface area contributed by atoms with E-state index in [1.54, 1.807) is 19.2 Å². The van der Waals surface area contributed by atoms with Crippen LogP contribution in [0, 0.1) is 5.82 Å². The van der Waals surface area contributed by atoms with Gasteiger partial charge in [0.05, 0.1) is 30.2 Å². The molecule has 0 aliphatic carbocycles. The Morgan fingerprint density at radius 3 is 2.77 bits per heavy atom. The van der Waals surface area contributed by atoms with Crippen molar-refractivity contribution in [3.63, 3.8) is 0 Å². The summed E-state index contributed by atoms with van der Waals surface area (Å²) in [7, 11) is 3.07. The zero-order valence-electron chi connectivity index (χ0n) is 12.4. The number of amides is 1. The lowest BCUT2D eigenvalue weighted by Crippen LogP contribution is -2.36. The molecule has 0 aliphatic heterocycles. The fourth-order valence-corrected chi connectivity index (χ4v) is 2.13. The molecule has 2 N–H and O–H groups in total. The number of benzene rings is 1. The summed E-state index contributed by atoms with van der Waals surface area (Å²) in [6.07, 6.45) is 0.653. The summed E-state index contributed by atoms with van der Waals surface area (Å²) in [5.74, 6) is -0.640. The minimum atomic E-state index is -0.764. The Hall–Kier alpha value is -2.25. The number of methoxy groups -OCH3 is 1. The predicted molar refractivity (Wildman–Crippen MR) is 78.8 cm³/mol. The van der Waals surface area contributed by atoms with E-state index in [9.17, 15) is 14.3 Å². The number of nitrogens with one attached hydrogen (secondary N) is 1. The maximum Gasteiger partial charge on any atom is 0.257 e. The second-order valence-electron chi connectivity index (χ2n) is 4.96. The third-order valence-electron chi connectivity index (χ3n) is 3.19. The molecular weight excluding hydrogens is 289 g/mol. The van der Waals surface area contributed by atoms with Crippen LogP contribution in [-0.2, 0) is 4.74 Å². The summed E-state index contributed by atoms with van der Waals surface area (Å²) < 4.78 is 17.8. The summed E-state index contributed by atoms with van der Waals surface area (Å²) in [4.78, 5) is 13.8. The third kappa shape index (κ3) is 3.69. The summed E-state index contributed by atoms with van der Waals surface area (Å²) in [5, 5.41) is 16.3. The van der Waals surface area contributed by atoms with Gasteiger partial charge in [0, 0.05) is 26.3 Å². The number of nitrogens with zero attached hydrogens (tertiary/aromatic N) is 2. The maximum atomic E-state index is 13.0. The Kier molecular flexibility index (Phi) is 5.24. The number of aromatic amines is 1. The quantitative estimate of drug-likeness (QED) is 0.843. The first-order valence-corrected chi connectivity index (χ1v) is 6.74. The lowest BCUT2D eigenvalue weighted by atomic mass is 10.1. The van der Waals surface area contributed by atoms with E-state index < -0.39 is 6.10 Å². The minimum Gasteiger partial charge on any atom is -0.389 e. The highest BCUT2D eigenvalue weighted by molar-refractivity contribution is 5.99. The van der Waals surface area contributed by atoms with Crippen molar-refractivity contribution in [2.45, 2.75) is 6.10 Å². The predicted octanol–water partition coefficient (Wildman–Crippen LogP) is 1.30. The van der Waals surface area contributed by atoms with Crippen LogP contribution in [0.2, 0.25) is 0 Å². The van der Waals surface area contributed by atoms with E-state index in [1.165, 1.54) is 30.3 Å². The molecule has 1 aromatic carbocycles. The maximum absolute atomic E-state index is 13.0. The Labute approximate surface area is 127 Å². The number of hydrogen-bond donors (Lipinski definition) is 2. The zero-order valence-corrected chi connectivity index (χ0v) is 12.4. The Bertz CT molecular complexity index is 627. The van der Waals surface area contributed by atoms with Gasteiger partial charge in [0.2, 0.25) is 0 Å². The van der Waals surface area contributed by atoms with Crippen LogP contribution >= 0.6 is 0 Å². The van der Waals surface area contributed by atoms with Gasteiger partial charge in [0.15, 0.2) is 0 Å². The highest BCUT2D eigenvalue weighted by Gasteiger charge is 2.20. The molecule has 2 rings (SSSR count). The van der Waals surface area contributed by atoms with E-state index >= 15 is 0 Å². The summed E-state index contributed by atoms with van der Waals surface area (Å²) in [6.45, 7) is 0.286. The summed E-state index contributed by atoms with van der Waals surface area (Å²) >= 11 is 0. The molecule has 6 nitrogen and oxygen atoms in total. The number of H-pyrrole nitrogens is 1. The molecule has 0 radical (unpaired) electrons. The van der Waals surface area contributed by atoms with Gasteiger partial charge in [-0.1, -0.05) is 0 Å². The van der Waals surface area contributed by atoms with Crippen molar-refractivity contribution < 1.29 is 19.0 Å². The smallest absolute Gasteiger partial charge is 0.257 e.